The number of benzene rings is 2. The maximum atomic E-state index is 11.1. The highest BCUT2D eigenvalue weighted by Gasteiger charge is 2.22. The lowest BCUT2D eigenvalue weighted by Crippen LogP contribution is -2.20. The zero-order chi connectivity index (χ0) is 18.4. The van der Waals surface area contributed by atoms with Crippen molar-refractivity contribution in [3.05, 3.63) is 65.2 Å². The van der Waals surface area contributed by atoms with E-state index in [-0.39, 0.29) is 6.61 Å². The van der Waals surface area contributed by atoms with Gasteiger partial charge in [-0.15, -0.1) is 0 Å². The van der Waals surface area contributed by atoms with Gasteiger partial charge in [0.2, 0.25) is 0 Å². The molecule has 0 bridgehead atoms. The molecule has 0 saturated carbocycles. The largest absolute Gasteiger partial charge is 0.491 e. The minimum absolute atomic E-state index is 0.0201. The lowest BCUT2D eigenvalue weighted by Gasteiger charge is -2.16. The summed E-state index contributed by atoms with van der Waals surface area (Å²) in [6.45, 7) is 3.33. The fourth-order valence-corrected chi connectivity index (χ4v) is 3.50. The molecule has 0 aliphatic carbocycles. The summed E-state index contributed by atoms with van der Waals surface area (Å²) < 4.78 is 5.38. The molecule has 1 atom stereocenters. The molecular formula is C21H25NO4. The van der Waals surface area contributed by atoms with Gasteiger partial charge in [0.1, 0.15) is 12.4 Å². The number of likely N-dealkylation sites (tertiary alicyclic amines) is 1. The summed E-state index contributed by atoms with van der Waals surface area (Å²) in [5.41, 5.74) is 2.71. The fraction of sp³-hybridized carbons (Fsp3) is 0.381. The number of ether oxygens (including phenoxy) is 1. The molecule has 0 aromatic heterocycles. The number of carbonyl (C=O) groups is 1. The Bertz CT molecular complexity index is 729. The molecule has 2 N–H and O–H groups in total. The number of aliphatic hydroxyl groups is 1. The molecular weight excluding hydrogens is 330 g/mol. The summed E-state index contributed by atoms with van der Waals surface area (Å²) in [5, 5.41) is 17.9. The van der Waals surface area contributed by atoms with E-state index in [0.717, 1.165) is 43.8 Å². The van der Waals surface area contributed by atoms with Crippen LogP contribution in [-0.2, 0) is 13.0 Å². The second kappa shape index (κ2) is 8.83. The van der Waals surface area contributed by atoms with E-state index >= 15 is 0 Å². The average molecular weight is 355 g/mol. The standard InChI is InChI=1S/C21H25NO4/c23-10-11-26-20-6-4-16(5-7-20)14-22-9-8-18(15-22)12-17-2-1-3-19(13-17)21(24)25/h1-7,13,18,23H,8-12,14-15H2,(H,24,25)/t18-/m0/s1. The number of carboxylic acids is 1. The molecule has 1 aliphatic heterocycles. The Morgan fingerprint density at radius 3 is 2.69 bits per heavy atom. The Morgan fingerprint density at radius 1 is 1.15 bits per heavy atom. The van der Waals surface area contributed by atoms with E-state index in [1.807, 2.05) is 24.3 Å². The maximum Gasteiger partial charge on any atom is 0.335 e. The predicted molar refractivity (Wildman–Crippen MR) is 99.5 cm³/mol. The zero-order valence-electron chi connectivity index (χ0n) is 14.8. The Hall–Kier alpha value is -2.37. The third-order valence-electron chi connectivity index (χ3n) is 4.76. The summed E-state index contributed by atoms with van der Waals surface area (Å²) in [6.07, 6.45) is 2.06. The summed E-state index contributed by atoms with van der Waals surface area (Å²) in [7, 11) is 0. The number of aliphatic hydroxyl groups excluding tert-OH is 1. The molecule has 2 aromatic carbocycles. The van der Waals surface area contributed by atoms with Gasteiger partial charge in [0.05, 0.1) is 12.2 Å². The molecule has 3 rings (SSSR count). The highest BCUT2D eigenvalue weighted by molar-refractivity contribution is 5.87. The highest BCUT2D eigenvalue weighted by Crippen LogP contribution is 2.23. The van der Waals surface area contributed by atoms with Gasteiger partial charge in [-0.3, -0.25) is 4.90 Å². The van der Waals surface area contributed by atoms with Crippen LogP contribution in [0.25, 0.3) is 0 Å². The predicted octanol–water partition coefficient (Wildman–Crippen LogP) is 2.82. The first-order chi connectivity index (χ1) is 12.6. The van der Waals surface area contributed by atoms with E-state index in [0.29, 0.717) is 18.1 Å². The van der Waals surface area contributed by atoms with Crippen molar-refractivity contribution in [2.45, 2.75) is 19.4 Å². The van der Waals surface area contributed by atoms with E-state index in [4.69, 9.17) is 14.9 Å². The van der Waals surface area contributed by atoms with Crippen molar-refractivity contribution in [1.82, 2.24) is 4.90 Å². The quantitative estimate of drug-likeness (QED) is 0.762. The summed E-state index contributed by atoms with van der Waals surface area (Å²) in [4.78, 5) is 13.5. The van der Waals surface area contributed by atoms with Gasteiger partial charge in [-0.1, -0.05) is 24.3 Å². The molecule has 1 saturated heterocycles. The normalized spacial score (nSPS) is 17.3. The van der Waals surface area contributed by atoms with E-state index in [1.54, 1.807) is 12.1 Å². The van der Waals surface area contributed by atoms with Gasteiger partial charge < -0.3 is 14.9 Å². The van der Waals surface area contributed by atoms with Gasteiger partial charge in [0.25, 0.3) is 0 Å². The summed E-state index contributed by atoms with van der Waals surface area (Å²) in [5.74, 6) is 0.470. The number of hydrogen-bond donors (Lipinski definition) is 2. The minimum atomic E-state index is -0.869. The van der Waals surface area contributed by atoms with Crippen molar-refractivity contribution in [3.63, 3.8) is 0 Å². The first-order valence-corrected chi connectivity index (χ1v) is 9.01. The van der Waals surface area contributed by atoms with Gasteiger partial charge in [-0.05, 0) is 60.7 Å². The number of aromatic carboxylic acids is 1. The fourth-order valence-electron chi connectivity index (χ4n) is 3.50. The monoisotopic (exact) mass is 355 g/mol. The van der Waals surface area contributed by atoms with Crippen LogP contribution in [0.4, 0.5) is 0 Å². The molecule has 0 spiro atoms. The zero-order valence-corrected chi connectivity index (χ0v) is 14.8. The van der Waals surface area contributed by atoms with Crippen LogP contribution in [0.3, 0.4) is 0 Å². The van der Waals surface area contributed by atoms with Gasteiger partial charge in [0.15, 0.2) is 0 Å². The number of hydrogen-bond acceptors (Lipinski definition) is 4. The van der Waals surface area contributed by atoms with Crippen LogP contribution in [0, 0.1) is 5.92 Å². The van der Waals surface area contributed by atoms with E-state index in [9.17, 15) is 4.79 Å². The van der Waals surface area contributed by atoms with Crippen LogP contribution >= 0.6 is 0 Å². The summed E-state index contributed by atoms with van der Waals surface area (Å²) >= 11 is 0. The molecule has 0 amide bonds. The van der Waals surface area contributed by atoms with Gasteiger partial charge >= 0.3 is 5.97 Å². The molecule has 0 unspecified atom stereocenters. The topological polar surface area (TPSA) is 70.0 Å². The number of carboxylic acid groups (broad SMARTS) is 1. The SMILES string of the molecule is O=C(O)c1cccc(C[C@@H]2CCN(Cc3ccc(OCCO)cc3)C2)c1. The van der Waals surface area contributed by atoms with Crippen LogP contribution in [0.2, 0.25) is 0 Å². The molecule has 5 heteroatoms. The minimum Gasteiger partial charge on any atom is -0.491 e. The first kappa shape index (κ1) is 18.4. The first-order valence-electron chi connectivity index (χ1n) is 9.01. The second-order valence-corrected chi connectivity index (χ2v) is 6.82. The second-order valence-electron chi connectivity index (χ2n) is 6.82. The smallest absolute Gasteiger partial charge is 0.335 e. The highest BCUT2D eigenvalue weighted by atomic mass is 16.5. The Kier molecular flexibility index (Phi) is 6.26. The van der Waals surface area contributed by atoms with E-state index in [2.05, 4.69) is 17.0 Å². The number of rotatable bonds is 8. The van der Waals surface area contributed by atoms with E-state index < -0.39 is 5.97 Å². The van der Waals surface area contributed by atoms with Crippen LogP contribution in [0.1, 0.15) is 27.9 Å². The van der Waals surface area contributed by atoms with Gasteiger partial charge in [-0.25, -0.2) is 4.79 Å². The Morgan fingerprint density at radius 2 is 1.96 bits per heavy atom. The van der Waals surface area contributed by atoms with Crippen molar-refractivity contribution >= 4 is 5.97 Å². The van der Waals surface area contributed by atoms with Gasteiger partial charge in [0, 0.05) is 13.1 Å². The van der Waals surface area contributed by atoms with Crippen molar-refractivity contribution in [2.24, 2.45) is 5.92 Å². The lowest BCUT2D eigenvalue weighted by atomic mass is 9.97. The number of nitrogens with zero attached hydrogens (tertiary/aromatic N) is 1. The van der Waals surface area contributed by atoms with Crippen molar-refractivity contribution in [3.8, 4) is 5.75 Å². The Balaban J connectivity index is 1.51. The third-order valence-corrected chi connectivity index (χ3v) is 4.76. The molecule has 1 aliphatic rings. The molecule has 2 aromatic rings. The molecule has 5 nitrogen and oxygen atoms in total. The third kappa shape index (κ3) is 5.07. The van der Waals surface area contributed by atoms with Crippen LogP contribution < -0.4 is 4.74 Å². The molecule has 1 heterocycles. The van der Waals surface area contributed by atoms with Crippen molar-refractivity contribution in [1.29, 1.82) is 0 Å². The van der Waals surface area contributed by atoms with Crippen LogP contribution in [0.15, 0.2) is 48.5 Å². The average Bonchev–Trinajstić information content (AvgIpc) is 3.08. The molecule has 0 radical (unpaired) electrons. The van der Waals surface area contributed by atoms with Crippen molar-refractivity contribution in [2.75, 3.05) is 26.3 Å². The molecule has 26 heavy (non-hydrogen) atoms. The summed E-state index contributed by atoms with van der Waals surface area (Å²) in [6, 6.07) is 15.3. The molecule has 1 fully saturated rings. The Labute approximate surface area is 153 Å². The van der Waals surface area contributed by atoms with Crippen molar-refractivity contribution < 1.29 is 19.7 Å². The van der Waals surface area contributed by atoms with Crippen LogP contribution in [0.5, 0.6) is 5.75 Å². The molecule has 138 valence electrons. The maximum absolute atomic E-state index is 11.1. The van der Waals surface area contributed by atoms with Gasteiger partial charge in [-0.2, -0.15) is 0 Å². The lowest BCUT2D eigenvalue weighted by molar-refractivity contribution is 0.0696. The van der Waals surface area contributed by atoms with Crippen LogP contribution in [-0.4, -0.2) is 47.4 Å². The van der Waals surface area contributed by atoms with E-state index in [1.165, 1.54) is 5.56 Å².